The maximum Gasteiger partial charge on any atom is 0.251 e. The summed E-state index contributed by atoms with van der Waals surface area (Å²) >= 11 is 2.18. The van der Waals surface area contributed by atoms with E-state index < -0.39 is 11.8 Å². The fourth-order valence-corrected chi connectivity index (χ4v) is 2.13. The maximum atomic E-state index is 11.9. The van der Waals surface area contributed by atoms with E-state index in [1.165, 1.54) is 4.90 Å². The minimum atomic E-state index is -1.14. The third-order valence-corrected chi connectivity index (χ3v) is 3.40. The van der Waals surface area contributed by atoms with E-state index in [1.807, 2.05) is 24.3 Å². The molecule has 1 aliphatic heterocycles. The molecule has 1 unspecified atom stereocenters. The Morgan fingerprint density at radius 2 is 1.94 bits per heavy atom. The van der Waals surface area contributed by atoms with Gasteiger partial charge in [-0.2, -0.15) is 5.26 Å². The summed E-state index contributed by atoms with van der Waals surface area (Å²) in [5, 5.41) is 8.82. The molecule has 0 saturated carbocycles. The Balaban J connectivity index is 2.29. The van der Waals surface area contributed by atoms with Crippen molar-refractivity contribution < 1.29 is 9.59 Å². The second-order valence-corrected chi connectivity index (χ2v) is 4.99. The number of nitriles is 1. The molecular formula is C12H9IN2O2. The fraction of sp³-hybridized carbons (Fsp3) is 0.250. The molecule has 86 valence electrons. The smallest absolute Gasteiger partial charge is 0.251 e. The summed E-state index contributed by atoms with van der Waals surface area (Å²) in [4.78, 5) is 24.8. The number of ketones is 1. The number of hydrogen-bond acceptors (Lipinski definition) is 3. The van der Waals surface area contributed by atoms with Crippen molar-refractivity contribution in [2.75, 3.05) is 11.4 Å². The normalized spacial score (nSPS) is 20.2. The van der Waals surface area contributed by atoms with Gasteiger partial charge < -0.3 is 4.90 Å². The van der Waals surface area contributed by atoms with Crippen molar-refractivity contribution in [3.63, 3.8) is 0 Å². The first-order chi connectivity index (χ1) is 8.13. The van der Waals surface area contributed by atoms with Crippen molar-refractivity contribution in [3.8, 4) is 6.07 Å². The van der Waals surface area contributed by atoms with E-state index in [2.05, 4.69) is 22.6 Å². The molecule has 1 amide bonds. The molecule has 0 bridgehead atoms. The monoisotopic (exact) mass is 340 g/mol. The van der Waals surface area contributed by atoms with E-state index in [4.69, 9.17) is 5.26 Å². The van der Waals surface area contributed by atoms with Gasteiger partial charge in [0.2, 0.25) is 0 Å². The number of nitrogens with zero attached hydrogens (tertiary/aromatic N) is 2. The van der Waals surface area contributed by atoms with Gasteiger partial charge in [0.05, 0.1) is 6.07 Å². The Bertz CT molecular complexity index is 504. The molecule has 5 heteroatoms. The van der Waals surface area contributed by atoms with Crippen LogP contribution in [0.4, 0.5) is 5.69 Å². The van der Waals surface area contributed by atoms with Crippen LogP contribution in [0.1, 0.15) is 6.42 Å². The van der Waals surface area contributed by atoms with Crippen LogP contribution in [0.5, 0.6) is 0 Å². The number of anilines is 1. The molecule has 1 aromatic rings. The number of amides is 1. The first-order valence-corrected chi connectivity index (χ1v) is 6.20. The zero-order valence-corrected chi connectivity index (χ0v) is 11.0. The largest absolute Gasteiger partial charge is 0.310 e. The molecule has 1 heterocycles. The number of carbonyl (C=O) groups excluding carboxylic acids is 2. The maximum absolute atomic E-state index is 11.9. The lowest BCUT2D eigenvalue weighted by molar-refractivity contribution is -0.132. The van der Waals surface area contributed by atoms with Crippen LogP contribution >= 0.6 is 22.6 Å². The molecule has 1 aliphatic rings. The van der Waals surface area contributed by atoms with Gasteiger partial charge in [-0.05, 0) is 46.9 Å². The number of carbonyl (C=O) groups is 2. The number of piperidine rings is 1. The topological polar surface area (TPSA) is 61.2 Å². The Hall–Kier alpha value is -1.42. The van der Waals surface area contributed by atoms with Gasteiger partial charge in [0.25, 0.3) is 5.91 Å². The lowest BCUT2D eigenvalue weighted by Gasteiger charge is -2.28. The molecule has 0 N–H and O–H groups in total. The van der Waals surface area contributed by atoms with Crippen LogP contribution in [-0.2, 0) is 9.59 Å². The third kappa shape index (κ3) is 2.31. The van der Waals surface area contributed by atoms with Crippen molar-refractivity contribution in [1.82, 2.24) is 0 Å². The minimum Gasteiger partial charge on any atom is -0.310 e. The molecule has 1 aromatic carbocycles. The average Bonchev–Trinajstić information content (AvgIpc) is 2.31. The van der Waals surface area contributed by atoms with Gasteiger partial charge in [-0.15, -0.1) is 0 Å². The number of benzene rings is 1. The Kier molecular flexibility index (Phi) is 3.43. The highest BCUT2D eigenvalue weighted by atomic mass is 127. The van der Waals surface area contributed by atoms with Crippen LogP contribution in [0, 0.1) is 20.8 Å². The van der Waals surface area contributed by atoms with Gasteiger partial charge in [-0.3, -0.25) is 9.59 Å². The summed E-state index contributed by atoms with van der Waals surface area (Å²) < 4.78 is 1.07. The van der Waals surface area contributed by atoms with Crippen LogP contribution in [-0.4, -0.2) is 18.2 Å². The van der Waals surface area contributed by atoms with E-state index in [1.54, 1.807) is 6.07 Å². The quantitative estimate of drug-likeness (QED) is 0.578. The van der Waals surface area contributed by atoms with Crippen molar-refractivity contribution in [1.29, 1.82) is 5.26 Å². The Morgan fingerprint density at radius 1 is 1.29 bits per heavy atom. The Labute approximate surface area is 112 Å². The van der Waals surface area contributed by atoms with Crippen molar-refractivity contribution in [2.45, 2.75) is 6.42 Å². The lowest BCUT2D eigenvalue weighted by Crippen LogP contribution is -2.45. The zero-order chi connectivity index (χ0) is 12.4. The van der Waals surface area contributed by atoms with E-state index in [0.29, 0.717) is 6.54 Å². The molecule has 1 saturated heterocycles. The summed E-state index contributed by atoms with van der Waals surface area (Å²) in [6.07, 6.45) is 0.246. The summed E-state index contributed by atoms with van der Waals surface area (Å²) in [6, 6.07) is 9.20. The molecule has 1 fully saturated rings. The zero-order valence-electron chi connectivity index (χ0n) is 8.89. The number of halogens is 1. The highest BCUT2D eigenvalue weighted by Gasteiger charge is 2.35. The SMILES string of the molecule is N#CC1C(=O)CCN(c2ccc(I)cc2)C1=O. The standard InChI is InChI=1S/C12H9IN2O2/c13-8-1-3-9(4-2-8)15-6-5-11(16)10(7-14)12(15)17/h1-4,10H,5-6H2. The molecular weight excluding hydrogens is 331 g/mol. The van der Waals surface area contributed by atoms with Gasteiger partial charge >= 0.3 is 0 Å². The molecule has 0 radical (unpaired) electrons. The fourth-order valence-electron chi connectivity index (χ4n) is 1.77. The predicted octanol–water partition coefficient (Wildman–Crippen LogP) is 1.74. The third-order valence-electron chi connectivity index (χ3n) is 2.68. The van der Waals surface area contributed by atoms with Gasteiger partial charge in [-0.1, -0.05) is 0 Å². The van der Waals surface area contributed by atoms with Crippen molar-refractivity contribution in [3.05, 3.63) is 27.8 Å². The molecule has 0 aromatic heterocycles. The molecule has 17 heavy (non-hydrogen) atoms. The van der Waals surface area contributed by atoms with E-state index in [0.717, 1.165) is 9.26 Å². The van der Waals surface area contributed by atoms with Crippen LogP contribution in [0.15, 0.2) is 24.3 Å². The van der Waals surface area contributed by atoms with Gasteiger partial charge in [0, 0.05) is 22.2 Å². The molecule has 1 atom stereocenters. The molecule has 0 aliphatic carbocycles. The summed E-state index contributed by atoms with van der Waals surface area (Å²) in [7, 11) is 0. The predicted molar refractivity (Wildman–Crippen MR) is 70.2 cm³/mol. The molecule has 0 spiro atoms. The second-order valence-electron chi connectivity index (χ2n) is 3.74. The molecule has 4 nitrogen and oxygen atoms in total. The molecule has 2 rings (SSSR count). The number of hydrogen-bond donors (Lipinski definition) is 0. The van der Waals surface area contributed by atoms with Crippen LogP contribution in [0.25, 0.3) is 0 Å². The van der Waals surface area contributed by atoms with Crippen LogP contribution < -0.4 is 4.90 Å². The highest BCUT2D eigenvalue weighted by Crippen LogP contribution is 2.23. The van der Waals surface area contributed by atoms with E-state index >= 15 is 0 Å². The average molecular weight is 340 g/mol. The lowest BCUT2D eigenvalue weighted by atomic mass is 9.96. The second kappa shape index (κ2) is 4.84. The highest BCUT2D eigenvalue weighted by molar-refractivity contribution is 14.1. The summed E-state index contributed by atoms with van der Waals surface area (Å²) in [6.45, 7) is 0.358. The summed E-state index contributed by atoms with van der Waals surface area (Å²) in [5.41, 5.74) is 0.739. The summed E-state index contributed by atoms with van der Waals surface area (Å²) in [5.74, 6) is -1.83. The van der Waals surface area contributed by atoms with Gasteiger partial charge in [0.1, 0.15) is 0 Å². The van der Waals surface area contributed by atoms with Gasteiger partial charge in [0.15, 0.2) is 11.7 Å². The van der Waals surface area contributed by atoms with E-state index in [9.17, 15) is 9.59 Å². The van der Waals surface area contributed by atoms with Gasteiger partial charge in [-0.25, -0.2) is 0 Å². The van der Waals surface area contributed by atoms with Crippen molar-refractivity contribution >= 4 is 40.0 Å². The van der Waals surface area contributed by atoms with Crippen LogP contribution in [0.2, 0.25) is 0 Å². The first-order valence-electron chi connectivity index (χ1n) is 5.13. The van der Waals surface area contributed by atoms with Crippen molar-refractivity contribution in [2.24, 2.45) is 5.92 Å². The minimum absolute atomic E-state index is 0.246. The Morgan fingerprint density at radius 3 is 2.53 bits per heavy atom. The van der Waals surface area contributed by atoms with E-state index in [-0.39, 0.29) is 12.2 Å². The number of rotatable bonds is 1. The van der Waals surface area contributed by atoms with Crippen LogP contribution in [0.3, 0.4) is 0 Å². The first kappa shape index (κ1) is 12.0. The number of Topliss-reactive ketones (excluding diaryl/α,β-unsaturated/α-hetero) is 1.